The maximum Gasteiger partial charge on any atom is 0.136 e. The van der Waals surface area contributed by atoms with Gasteiger partial charge in [0.2, 0.25) is 0 Å². The summed E-state index contributed by atoms with van der Waals surface area (Å²) < 4.78 is 0. The van der Waals surface area contributed by atoms with E-state index < -0.39 is 0 Å². The average molecular weight is 180 g/mol. The molecule has 2 fully saturated rings. The van der Waals surface area contributed by atoms with Gasteiger partial charge in [-0.05, 0) is 37.0 Å². The van der Waals surface area contributed by atoms with Crippen LogP contribution in [-0.2, 0) is 4.79 Å². The minimum absolute atomic E-state index is 0.428. The monoisotopic (exact) mass is 180 g/mol. The van der Waals surface area contributed by atoms with Gasteiger partial charge in [0.1, 0.15) is 5.78 Å². The van der Waals surface area contributed by atoms with Gasteiger partial charge in [0.15, 0.2) is 0 Å². The summed E-state index contributed by atoms with van der Waals surface area (Å²) in [7, 11) is 0. The zero-order chi connectivity index (χ0) is 9.42. The fourth-order valence-corrected chi connectivity index (χ4v) is 3.41. The summed E-state index contributed by atoms with van der Waals surface area (Å²) in [6.07, 6.45) is 5.86. The van der Waals surface area contributed by atoms with Gasteiger partial charge in [-0.15, -0.1) is 0 Å². The molecule has 2 aliphatic carbocycles. The number of carbonyl (C=O) groups is 1. The van der Waals surface area contributed by atoms with Crippen LogP contribution < -0.4 is 0 Å². The third-order valence-corrected chi connectivity index (χ3v) is 4.21. The average Bonchev–Trinajstić information content (AvgIpc) is 2.40. The molecule has 74 valence electrons. The number of ketones is 1. The Hall–Kier alpha value is -0.330. The van der Waals surface area contributed by atoms with Crippen molar-refractivity contribution in [3.05, 3.63) is 0 Å². The van der Waals surface area contributed by atoms with Crippen LogP contribution in [0.25, 0.3) is 0 Å². The van der Waals surface area contributed by atoms with Crippen LogP contribution in [0.5, 0.6) is 0 Å². The Morgan fingerprint density at radius 1 is 1.08 bits per heavy atom. The maximum absolute atomic E-state index is 11.9. The molecule has 2 saturated carbocycles. The molecule has 0 spiro atoms. The van der Waals surface area contributed by atoms with E-state index >= 15 is 0 Å². The summed E-state index contributed by atoms with van der Waals surface area (Å²) in [4.78, 5) is 11.9. The molecule has 13 heavy (non-hydrogen) atoms. The molecule has 0 saturated heterocycles. The molecule has 0 radical (unpaired) electrons. The van der Waals surface area contributed by atoms with E-state index in [-0.39, 0.29) is 0 Å². The molecular formula is C12H20O. The second-order valence-electron chi connectivity index (χ2n) is 5.08. The Morgan fingerprint density at radius 2 is 1.85 bits per heavy atom. The van der Waals surface area contributed by atoms with Crippen LogP contribution in [0.2, 0.25) is 0 Å². The number of fused-ring (bicyclic) bond motifs is 1. The highest BCUT2D eigenvalue weighted by atomic mass is 16.1. The molecule has 1 nitrogen and oxygen atoms in total. The van der Waals surface area contributed by atoms with Crippen molar-refractivity contribution in [2.45, 2.75) is 46.0 Å². The first-order chi connectivity index (χ1) is 6.20. The maximum atomic E-state index is 11.9. The van der Waals surface area contributed by atoms with Crippen molar-refractivity contribution in [1.82, 2.24) is 0 Å². The van der Waals surface area contributed by atoms with Crippen molar-refractivity contribution in [3.8, 4) is 0 Å². The first-order valence-electron chi connectivity index (χ1n) is 5.73. The molecule has 0 heterocycles. The van der Waals surface area contributed by atoms with Gasteiger partial charge in [0.25, 0.3) is 0 Å². The molecule has 4 atom stereocenters. The van der Waals surface area contributed by atoms with Gasteiger partial charge in [0, 0.05) is 12.3 Å². The number of rotatable bonds is 0. The SMILES string of the molecule is CC1CCCC(=O)C2C(C)CCC12. The van der Waals surface area contributed by atoms with E-state index in [9.17, 15) is 4.79 Å². The molecule has 2 aliphatic rings. The van der Waals surface area contributed by atoms with Gasteiger partial charge in [-0.3, -0.25) is 4.79 Å². The topological polar surface area (TPSA) is 17.1 Å². The number of hydrogen-bond acceptors (Lipinski definition) is 1. The van der Waals surface area contributed by atoms with Crippen LogP contribution in [-0.4, -0.2) is 5.78 Å². The van der Waals surface area contributed by atoms with Gasteiger partial charge in [-0.2, -0.15) is 0 Å². The summed E-state index contributed by atoms with van der Waals surface area (Å²) in [5.74, 6) is 3.18. The van der Waals surface area contributed by atoms with Gasteiger partial charge < -0.3 is 0 Å². The molecule has 0 aromatic rings. The van der Waals surface area contributed by atoms with Gasteiger partial charge in [-0.1, -0.05) is 20.3 Å². The van der Waals surface area contributed by atoms with E-state index in [1.807, 2.05) is 0 Å². The Labute approximate surface area is 80.9 Å². The van der Waals surface area contributed by atoms with Crippen molar-refractivity contribution in [2.24, 2.45) is 23.7 Å². The summed E-state index contributed by atoms with van der Waals surface area (Å²) >= 11 is 0. The van der Waals surface area contributed by atoms with Crippen molar-refractivity contribution >= 4 is 5.78 Å². The van der Waals surface area contributed by atoms with Crippen molar-refractivity contribution in [2.75, 3.05) is 0 Å². The van der Waals surface area contributed by atoms with Crippen LogP contribution in [0.3, 0.4) is 0 Å². The third kappa shape index (κ3) is 1.53. The Bertz CT molecular complexity index is 209. The molecule has 1 heteroatoms. The lowest BCUT2D eigenvalue weighted by atomic mass is 9.81. The normalized spacial score (nSPS) is 45.8. The smallest absolute Gasteiger partial charge is 0.136 e. The van der Waals surface area contributed by atoms with Crippen LogP contribution >= 0.6 is 0 Å². The molecule has 0 aromatic heterocycles. The first-order valence-corrected chi connectivity index (χ1v) is 5.73. The summed E-state index contributed by atoms with van der Waals surface area (Å²) in [6, 6.07) is 0. The summed E-state index contributed by atoms with van der Waals surface area (Å²) in [5.41, 5.74) is 0. The molecule has 0 aliphatic heterocycles. The van der Waals surface area contributed by atoms with E-state index in [1.54, 1.807) is 0 Å². The molecule has 0 aromatic carbocycles. The Balaban J connectivity index is 2.20. The molecule has 0 amide bonds. The van der Waals surface area contributed by atoms with Crippen molar-refractivity contribution in [3.63, 3.8) is 0 Å². The Morgan fingerprint density at radius 3 is 2.62 bits per heavy atom. The quantitative estimate of drug-likeness (QED) is 0.560. The largest absolute Gasteiger partial charge is 0.299 e. The first kappa shape index (κ1) is 9.23. The van der Waals surface area contributed by atoms with Crippen LogP contribution in [0.15, 0.2) is 0 Å². The highest BCUT2D eigenvalue weighted by Gasteiger charge is 2.41. The zero-order valence-electron chi connectivity index (χ0n) is 8.75. The van der Waals surface area contributed by atoms with Crippen LogP contribution in [0.1, 0.15) is 46.0 Å². The standard InChI is InChI=1S/C12H20O/c1-8-4-3-5-11(13)12-9(2)6-7-10(8)12/h8-10,12H,3-7H2,1-2H3. The molecule has 2 rings (SSSR count). The molecular weight excluding hydrogens is 160 g/mol. The lowest BCUT2D eigenvalue weighted by molar-refractivity contribution is -0.124. The van der Waals surface area contributed by atoms with Crippen molar-refractivity contribution < 1.29 is 4.79 Å². The van der Waals surface area contributed by atoms with E-state index in [2.05, 4.69) is 13.8 Å². The highest BCUT2D eigenvalue weighted by Crippen LogP contribution is 2.45. The van der Waals surface area contributed by atoms with E-state index in [4.69, 9.17) is 0 Å². The fraction of sp³-hybridized carbons (Fsp3) is 0.917. The van der Waals surface area contributed by atoms with E-state index in [1.165, 1.54) is 19.3 Å². The predicted molar refractivity (Wildman–Crippen MR) is 53.4 cm³/mol. The summed E-state index contributed by atoms with van der Waals surface area (Å²) in [5, 5.41) is 0. The van der Waals surface area contributed by atoms with E-state index in [0.717, 1.165) is 24.7 Å². The number of carbonyl (C=O) groups excluding carboxylic acids is 1. The molecule has 4 unspecified atom stereocenters. The second kappa shape index (κ2) is 3.43. The zero-order valence-corrected chi connectivity index (χ0v) is 8.75. The van der Waals surface area contributed by atoms with Crippen LogP contribution in [0.4, 0.5) is 0 Å². The fourth-order valence-electron chi connectivity index (χ4n) is 3.41. The second-order valence-corrected chi connectivity index (χ2v) is 5.08. The molecule has 0 N–H and O–H groups in total. The predicted octanol–water partition coefficient (Wildman–Crippen LogP) is 3.04. The van der Waals surface area contributed by atoms with Crippen molar-refractivity contribution in [1.29, 1.82) is 0 Å². The molecule has 0 bridgehead atoms. The number of hydrogen-bond donors (Lipinski definition) is 0. The summed E-state index contributed by atoms with van der Waals surface area (Å²) in [6.45, 7) is 4.61. The third-order valence-electron chi connectivity index (χ3n) is 4.21. The Kier molecular flexibility index (Phi) is 2.44. The van der Waals surface area contributed by atoms with Gasteiger partial charge >= 0.3 is 0 Å². The lowest BCUT2D eigenvalue weighted by Gasteiger charge is -2.23. The highest BCUT2D eigenvalue weighted by molar-refractivity contribution is 5.82. The van der Waals surface area contributed by atoms with Gasteiger partial charge in [0.05, 0.1) is 0 Å². The van der Waals surface area contributed by atoms with Crippen LogP contribution in [0, 0.1) is 23.7 Å². The van der Waals surface area contributed by atoms with E-state index in [0.29, 0.717) is 17.6 Å². The number of Topliss-reactive ketones (excluding diaryl/α,β-unsaturated/α-hetero) is 1. The minimum Gasteiger partial charge on any atom is -0.299 e. The van der Waals surface area contributed by atoms with Gasteiger partial charge in [-0.25, -0.2) is 0 Å². The minimum atomic E-state index is 0.428. The lowest BCUT2D eigenvalue weighted by Crippen LogP contribution is -2.24.